The minimum Gasteiger partial charge on any atom is -0.289 e. The monoisotopic (exact) mass is 327 g/mol. The van der Waals surface area contributed by atoms with Gasteiger partial charge in [0, 0.05) is 18.7 Å². The van der Waals surface area contributed by atoms with E-state index in [0.29, 0.717) is 18.9 Å². The van der Waals surface area contributed by atoms with Gasteiger partial charge in [0.1, 0.15) is 5.82 Å². The van der Waals surface area contributed by atoms with Gasteiger partial charge in [0.2, 0.25) is 5.95 Å². The van der Waals surface area contributed by atoms with E-state index in [-0.39, 0.29) is 11.6 Å². The van der Waals surface area contributed by atoms with E-state index < -0.39 is 0 Å². The van der Waals surface area contributed by atoms with E-state index in [1.807, 2.05) is 6.92 Å². The molecule has 0 aliphatic carbocycles. The van der Waals surface area contributed by atoms with E-state index in [1.54, 1.807) is 10.6 Å². The average Bonchev–Trinajstić information content (AvgIpc) is 2.60. The van der Waals surface area contributed by atoms with E-state index in [4.69, 9.17) is 0 Å². The Labute approximate surface area is 142 Å². The van der Waals surface area contributed by atoms with Crippen molar-refractivity contribution in [1.82, 2.24) is 20.0 Å². The molecule has 1 aromatic heterocycles. The van der Waals surface area contributed by atoms with Crippen LogP contribution in [0.3, 0.4) is 0 Å². The van der Waals surface area contributed by atoms with Crippen molar-refractivity contribution in [3.05, 3.63) is 52.5 Å². The zero-order chi connectivity index (χ0) is 17.5. The van der Waals surface area contributed by atoms with Gasteiger partial charge in [-0.1, -0.05) is 38.1 Å². The molecule has 0 unspecified atom stereocenters. The van der Waals surface area contributed by atoms with Crippen molar-refractivity contribution in [2.75, 3.05) is 12.0 Å². The second-order valence-electron chi connectivity index (χ2n) is 5.35. The molecule has 0 aliphatic rings. The van der Waals surface area contributed by atoms with Gasteiger partial charge in [0.15, 0.2) is 0 Å². The number of hydrogen-bond donors (Lipinski definition) is 2. The number of nitrogens with one attached hydrogen (secondary N) is 2. The molecule has 0 atom stereocenters. The van der Waals surface area contributed by atoms with Crippen LogP contribution in [0.1, 0.15) is 31.9 Å². The lowest BCUT2D eigenvalue weighted by Crippen LogP contribution is -2.30. The maximum Gasteiger partial charge on any atom is 0.352 e. The highest BCUT2D eigenvalue weighted by atomic mass is 16.1. The van der Waals surface area contributed by atoms with Gasteiger partial charge in [0.05, 0.1) is 0 Å². The number of benzene rings is 1. The summed E-state index contributed by atoms with van der Waals surface area (Å²) in [6.07, 6.45) is 3.47. The van der Waals surface area contributed by atoms with Crippen LogP contribution in [0.25, 0.3) is 11.4 Å². The second-order valence-corrected chi connectivity index (χ2v) is 5.35. The summed E-state index contributed by atoms with van der Waals surface area (Å²) in [6.45, 7) is 10.9. The Morgan fingerprint density at radius 1 is 1.17 bits per heavy atom. The third-order valence-corrected chi connectivity index (χ3v) is 3.89. The molecular formula is C18H25N5O. The minimum absolute atomic E-state index is 0.273. The molecule has 2 rings (SSSR count). The van der Waals surface area contributed by atoms with Crippen molar-refractivity contribution in [2.45, 2.75) is 40.2 Å². The van der Waals surface area contributed by atoms with E-state index in [9.17, 15) is 4.79 Å². The zero-order valence-electron chi connectivity index (χ0n) is 14.6. The summed E-state index contributed by atoms with van der Waals surface area (Å²) in [6, 6.07) is 6.23. The van der Waals surface area contributed by atoms with Crippen molar-refractivity contribution in [2.24, 2.45) is 0 Å². The summed E-state index contributed by atoms with van der Waals surface area (Å²) in [5.41, 5.74) is 8.87. The fraction of sp³-hybridized carbons (Fsp3) is 0.389. The quantitative estimate of drug-likeness (QED) is 0.443. The molecule has 0 bridgehead atoms. The molecule has 0 aliphatic heterocycles. The highest BCUT2D eigenvalue weighted by molar-refractivity contribution is 5.66. The predicted molar refractivity (Wildman–Crippen MR) is 98.0 cm³/mol. The molecule has 0 spiro atoms. The second kappa shape index (κ2) is 8.40. The average molecular weight is 327 g/mol. The normalized spacial score (nSPS) is 10.6. The van der Waals surface area contributed by atoms with Crippen LogP contribution in [0, 0.1) is 0 Å². The van der Waals surface area contributed by atoms with Gasteiger partial charge < -0.3 is 0 Å². The first kappa shape index (κ1) is 17.9. The smallest absolute Gasteiger partial charge is 0.289 e. The molecule has 2 aromatic rings. The molecule has 24 heavy (non-hydrogen) atoms. The van der Waals surface area contributed by atoms with Gasteiger partial charge in [-0.05, 0) is 30.9 Å². The Hall–Kier alpha value is -2.47. The topological polar surface area (TPSA) is 71.8 Å². The van der Waals surface area contributed by atoms with Crippen molar-refractivity contribution in [3.63, 3.8) is 0 Å². The van der Waals surface area contributed by atoms with Crippen LogP contribution >= 0.6 is 0 Å². The predicted octanol–water partition coefficient (Wildman–Crippen LogP) is 2.55. The maximum absolute atomic E-state index is 12.4. The molecular weight excluding hydrogens is 302 g/mol. The SMILES string of the molecule is C=CCNNc1nc(-c2c(CC)cccc2CC)n(CC)c(=O)n1. The lowest BCUT2D eigenvalue weighted by atomic mass is 9.97. The molecule has 0 saturated heterocycles. The number of hydrogen-bond acceptors (Lipinski definition) is 5. The fourth-order valence-electron chi connectivity index (χ4n) is 2.69. The molecule has 2 N–H and O–H groups in total. The largest absolute Gasteiger partial charge is 0.352 e. The first-order valence-electron chi connectivity index (χ1n) is 8.35. The van der Waals surface area contributed by atoms with Crippen LogP contribution in [-0.4, -0.2) is 21.1 Å². The highest BCUT2D eigenvalue weighted by Crippen LogP contribution is 2.27. The fourth-order valence-corrected chi connectivity index (χ4v) is 2.69. The molecule has 6 heteroatoms. The molecule has 6 nitrogen and oxygen atoms in total. The van der Waals surface area contributed by atoms with Gasteiger partial charge in [0.25, 0.3) is 0 Å². The number of nitrogens with zero attached hydrogens (tertiary/aromatic N) is 3. The summed E-state index contributed by atoms with van der Waals surface area (Å²) in [4.78, 5) is 21.0. The van der Waals surface area contributed by atoms with Gasteiger partial charge in [-0.15, -0.1) is 6.58 Å². The first-order valence-corrected chi connectivity index (χ1v) is 8.35. The Morgan fingerprint density at radius 3 is 2.38 bits per heavy atom. The van der Waals surface area contributed by atoms with Crippen LogP contribution in [-0.2, 0) is 19.4 Å². The van der Waals surface area contributed by atoms with E-state index >= 15 is 0 Å². The van der Waals surface area contributed by atoms with Crippen LogP contribution in [0.5, 0.6) is 0 Å². The van der Waals surface area contributed by atoms with Crippen LogP contribution in [0.2, 0.25) is 0 Å². The lowest BCUT2D eigenvalue weighted by Gasteiger charge is -2.17. The Kier molecular flexibility index (Phi) is 6.26. The summed E-state index contributed by atoms with van der Waals surface area (Å²) >= 11 is 0. The van der Waals surface area contributed by atoms with Crippen LogP contribution < -0.4 is 16.5 Å². The van der Waals surface area contributed by atoms with Crippen molar-refractivity contribution >= 4 is 5.95 Å². The molecule has 0 amide bonds. The third kappa shape index (κ3) is 3.71. The molecule has 1 heterocycles. The lowest BCUT2D eigenvalue weighted by molar-refractivity contribution is 0.681. The van der Waals surface area contributed by atoms with Gasteiger partial charge in [-0.25, -0.2) is 10.2 Å². The molecule has 1 aromatic carbocycles. The Balaban J connectivity index is 2.64. The number of hydrazine groups is 1. The molecule has 0 radical (unpaired) electrons. The summed E-state index contributed by atoms with van der Waals surface area (Å²) in [5.74, 6) is 0.934. The Bertz CT molecular complexity index is 744. The van der Waals surface area contributed by atoms with E-state index in [0.717, 1.165) is 18.4 Å². The number of aryl methyl sites for hydroxylation is 2. The zero-order valence-corrected chi connectivity index (χ0v) is 14.6. The van der Waals surface area contributed by atoms with Crippen LogP contribution in [0.15, 0.2) is 35.6 Å². The van der Waals surface area contributed by atoms with Crippen molar-refractivity contribution in [3.8, 4) is 11.4 Å². The molecule has 0 fully saturated rings. The Morgan fingerprint density at radius 2 is 1.83 bits per heavy atom. The number of aromatic nitrogens is 3. The molecule has 0 saturated carbocycles. The van der Waals surface area contributed by atoms with Gasteiger partial charge in [-0.2, -0.15) is 9.97 Å². The molecule has 128 valence electrons. The minimum atomic E-state index is -0.307. The van der Waals surface area contributed by atoms with E-state index in [1.165, 1.54) is 11.1 Å². The van der Waals surface area contributed by atoms with Crippen LogP contribution in [0.4, 0.5) is 5.95 Å². The van der Waals surface area contributed by atoms with Crippen molar-refractivity contribution in [1.29, 1.82) is 0 Å². The summed E-state index contributed by atoms with van der Waals surface area (Å²) in [7, 11) is 0. The van der Waals surface area contributed by atoms with Gasteiger partial charge in [-0.3, -0.25) is 9.99 Å². The number of anilines is 1. The maximum atomic E-state index is 12.4. The van der Waals surface area contributed by atoms with E-state index in [2.05, 4.69) is 59.4 Å². The number of rotatable bonds is 8. The third-order valence-electron chi connectivity index (χ3n) is 3.89. The first-order chi connectivity index (χ1) is 11.7. The van der Waals surface area contributed by atoms with Crippen molar-refractivity contribution < 1.29 is 0 Å². The standard InChI is InChI=1S/C18H25N5O/c1-5-12-19-22-17-20-16(23(8-4)18(24)21-17)15-13(6-2)10-9-11-14(15)7-3/h5,9-11,19H,1,6-8,12H2,2-4H3,(H,21,22,24). The summed E-state index contributed by atoms with van der Waals surface area (Å²) < 4.78 is 1.62. The van der Waals surface area contributed by atoms with Gasteiger partial charge >= 0.3 is 5.69 Å². The summed E-state index contributed by atoms with van der Waals surface area (Å²) in [5, 5.41) is 0. The highest BCUT2D eigenvalue weighted by Gasteiger charge is 2.16.